The molecule has 1 heterocycles. The van der Waals surface area contributed by atoms with Gasteiger partial charge in [-0.1, -0.05) is 71.9 Å². The van der Waals surface area contributed by atoms with E-state index in [1.165, 1.54) is 4.90 Å². The summed E-state index contributed by atoms with van der Waals surface area (Å²) in [5.74, 6) is 1.23. The minimum absolute atomic E-state index is 0.0621. The zero-order chi connectivity index (χ0) is 30.2. The molecule has 0 aromatic heterocycles. The number of rotatable bonds is 14. The third kappa shape index (κ3) is 8.03. The van der Waals surface area contributed by atoms with E-state index in [1.807, 2.05) is 48.5 Å². The molecule has 0 spiro atoms. The fourth-order valence-electron chi connectivity index (χ4n) is 6.51. The predicted octanol–water partition coefficient (Wildman–Crippen LogP) is 6.68. The molecule has 2 N–H and O–H groups in total. The maximum atomic E-state index is 11.9. The van der Waals surface area contributed by atoms with Crippen LogP contribution in [0.25, 0.3) is 0 Å². The molecule has 2 aromatic carbocycles. The monoisotopic (exact) mass is 587 g/mol. The minimum Gasteiger partial charge on any atom is -0.496 e. The van der Waals surface area contributed by atoms with E-state index < -0.39 is 26.6 Å². The van der Waals surface area contributed by atoms with Crippen LogP contribution in [-0.2, 0) is 15.8 Å². The van der Waals surface area contributed by atoms with Crippen LogP contribution >= 0.6 is 0 Å². The summed E-state index contributed by atoms with van der Waals surface area (Å²) in [5, 5.41) is 21.0. The Hall–Kier alpha value is -2.59. The predicted molar refractivity (Wildman–Crippen MR) is 163 cm³/mol. The molecule has 0 radical (unpaired) electrons. The maximum Gasteiger partial charge on any atom is 0.407 e. The van der Waals surface area contributed by atoms with E-state index in [0.717, 1.165) is 29.0 Å². The first-order valence-corrected chi connectivity index (χ1v) is 16.9. The molecule has 0 saturated carbocycles. The number of carbonyl (C=O) groups is 1. The fourth-order valence-corrected chi connectivity index (χ4v) is 12.1. The summed E-state index contributed by atoms with van der Waals surface area (Å²) in [6, 6.07) is 15.6. The normalized spacial score (nSPS) is 19.7. The molecule has 1 aliphatic rings. The number of β-amino-alcohol motifs (C(OH)–C–C–N with tert-alkyl or cyclic N) is 1. The number of aliphatic hydroxyl groups excluding tert-OH is 1. The van der Waals surface area contributed by atoms with E-state index in [4.69, 9.17) is 18.6 Å². The lowest BCUT2D eigenvalue weighted by molar-refractivity contribution is -0.0190. The van der Waals surface area contributed by atoms with Crippen molar-refractivity contribution in [1.82, 2.24) is 4.90 Å². The third-order valence-electron chi connectivity index (χ3n) is 8.37. The fraction of sp³-hybridized carbons (Fsp3) is 0.594. The number of aliphatic hydroxyl groups is 1. The molecule has 1 saturated heterocycles. The van der Waals surface area contributed by atoms with Crippen LogP contribution in [0.15, 0.2) is 48.5 Å². The highest BCUT2D eigenvalue weighted by atomic mass is 28.4. The van der Waals surface area contributed by atoms with Crippen LogP contribution < -0.4 is 9.47 Å². The van der Waals surface area contributed by atoms with Crippen LogP contribution in [0.4, 0.5) is 4.79 Å². The number of carboxylic acid groups (broad SMARTS) is 1. The minimum atomic E-state index is -2.32. The van der Waals surface area contributed by atoms with Gasteiger partial charge in [-0.25, -0.2) is 4.79 Å². The lowest BCUT2D eigenvalue weighted by Crippen LogP contribution is -2.59. The van der Waals surface area contributed by atoms with Gasteiger partial charge in [-0.05, 0) is 40.4 Å². The first kappa shape index (κ1) is 32.9. The van der Waals surface area contributed by atoms with Gasteiger partial charge in [0.25, 0.3) is 0 Å². The molecule has 3 atom stereocenters. The van der Waals surface area contributed by atoms with Crippen molar-refractivity contribution in [3.05, 3.63) is 59.7 Å². The van der Waals surface area contributed by atoms with E-state index in [2.05, 4.69) is 41.5 Å². The Bertz CT molecular complexity index is 1070. The quantitative estimate of drug-likeness (QED) is 0.188. The van der Waals surface area contributed by atoms with Crippen molar-refractivity contribution in [2.75, 3.05) is 33.4 Å². The van der Waals surface area contributed by atoms with Gasteiger partial charge in [0.05, 0.1) is 45.7 Å². The van der Waals surface area contributed by atoms with Gasteiger partial charge in [0.1, 0.15) is 11.5 Å². The third-order valence-corrected chi connectivity index (χ3v) is 14.5. The Balaban J connectivity index is 1.65. The Morgan fingerprint density at radius 1 is 0.951 bits per heavy atom. The number of methoxy groups -OCH3 is 1. The van der Waals surface area contributed by atoms with Gasteiger partial charge in [-0.3, -0.25) is 0 Å². The largest absolute Gasteiger partial charge is 0.496 e. The van der Waals surface area contributed by atoms with Crippen LogP contribution in [0.2, 0.25) is 16.6 Å². The second-order valence-electron chi connectivity index (χ2n) is 11.9. The number of nitrogens with zero attached hydrogens (tertiary/aromatic N) is 1. The number of likely N-dealkylation sites (tertiary alicyclic amines) is 1. The number of piperidine rings is 1. The second kappa shape index (κ2) is 15.0. The van der Waals surface area contributed by atoms with E-state index in [0.29, 0.717) is 36.4 Å². The van der Waals surface area contributed by atoms with E-state index in [-0.39, 0.29) is 19.0 Å². The molecule has 1 fully saturated rings. The Morgan fingerprint density at radius 3 is 2.17 bits per heavy atom. The van der Waals surface area contributed by atoms with Crippen molar-refractivity contribution in [2.24, 2.45) is 0 Å². The zero-order valence-electron chi connectivity index (χ0n) is 25.7. The number of hydrogen-bond donors (Lipinski definition) is 2. The molecule has 41 heavy (non-hydrogen) atoms. The van der Waals surface area contributed by atoms with Crippen LogP contribution in [0.3, 0.4) is 0 Å². The summed E-state index contributed by atoms with van der Waals surface area (Å²) in [5.41, 5.74) is 2.97. The topological polar surface area (TPSA) is 97.7 Å². The summed E-state index contributed by atoms with van der Waals surface area (Å²) in [7, 11) is -0.669. The van der Waals surface area contributed by atoms with Gasteiger partial charge >= 0.3 is 6.09 Å². The second-order valence-corrected chi connectivity index (χ2v) is 17.3. The van der Waals surface area contributed by atoms with Gasteiger partial charge in [-0.2, -0.15) is 0 Å². The average molecular weight is 588 g/mol. The van der Waals surface area contributed by atoms with E-state index in [1.54, 1.807) is 7.11 Å². The molecular weight excluding hydrogens is 538 g/mol. The molecule has 1 amide bonds. The number of para-hydroxylation sites is 1. The summed E-state index contributed by atoms with van der Waals surface area (Å²) in [6.45, 7) is 15.2. The zero-order valence-corrected chi connectivity index (χ0v) is 26.7. The number of hydrogen-bond acceptors (Lipinski definition) is 6. The summed E-state index contributed by atoms with van der Waals surface area (Å²) < 4.78 is 24.2. The summed E-state index contributed by atoms with van der Waals surface area (Å²) >= 11 is 0. The molecule has 9 heteroatoms. The highest BCUT2D eigenvalue weighted by Gasteiger charge is 2.50. The molecule has 3 rings (SSSR count). The van der Waals surface area contributed by atoms with Crippen molar-refractivity contribution in [3.63, 3.8) is 0 Å². The highest BCUT2D eigenvalue weighted by Crippen LogP contribution is 2.45. The number of amides is 1. The average Bonchev–Trinajstić information content (AvgIpc) is 2.93. The van der Waals surface area contributed by atoms with Gasteiger partial charge in [0.2, 0.25) is 8.32 Å². The van der Waals surface area contributed by atoms with Crippen molar-refractivity contribution in [1.29, 1.82) is 0 Å². The summed E-state index contributed by atoms with van der Waals surface area (Å²) in [6.07, 6.45) is -1.58. The molecule has 1 aliphatic heterocycles. The Labute approximate surface area is 246 Å². The Morgan fingerprint density at radius 2 is 1.59 bits per heavy atom. The van der Waals surface area contributed by atoms with Gasteiger partial charge in [-0.15, -0.1) is 0 Å². The van der Waals surface area contributed by atoms with Crippen LogP contribution in [0.5, 0.6) is 11.5 Å². The van der Waals surface area contributed by atoms with Crippen LogP contribution in [-0.4, -0.2) is 75.1 Å². The van der Waals surface area contributed by atoms with Crippen LogP contribution in [0, 0.1) is 0 Å². The smallest absolute Gasteiger partial charge is 0.407 e. The summed E-state index contributed by atoms with van der Waals surface area (Å²) in [4.78, 5) is 13.2. The molecule has 0 aliphatic carbocycles. The maximum absolute atomic E-state index is 11.9. The van der Waals surface area contributed by atoms with E-state index >= 15 is 0 Å². The van der Waals surface area contributed by atoms with Gasteiger partial charge in [0, 0.05) is 24.4 Å². The number of ether oxygens (including phenoxy) is 3. The first-order chi connectivity index (χ1) is 19.5. The number of benzene rings is 2. The Kier molecular flexibility index (Phi) is 12.1. The van der Waals surface area contributed by atoms with Crippen molar-refractivity contribution in [3.8, 4) is 11.5 Å². The van der Waals surface area contributed by atoms with Gasteiger partial charge in [0.15, 0.2) is 0 Å². The molecule has 228 valence electrons. The first-order valence-electron chi connectivity index (χ1n) is 14.8. The van der Waals surface area contributed by atoms with Crippen molar-refractivity contribution < 1.29 is 33.6 Å². The highest BCUT2D eigenvalue weighted by molar-refractivity contribution is 6.77. The lowest BCUT2D eigenvalue weighted by Gasteiger charge is -2.49. The van der Waals surface area contributed by atoms with E-state index in [9.17, 15) is 15.0 Å². The van der Waals surface area contributed by atoms with Crippen LogP contribution in [0.1, 0.15) is 65.0 Å². The molecule has 2 aromatic rings. The molecule has 0 bridgehead atoms. The van der Waals surface area contributed by atoms with Gasteiger partial charge < -0.3 is 33.7 Å². The SMILES string of the molecule is COc1ccccc1COCCCOc1ccc([C@@H]2[C@@H](O)CN(C(=O)O)C[C@H]2O[Si](C(C)C)(C(C)C)C(C)C)cc1. The van der Waals surface area contributed by atoms with Crippen molar-refractivity contribution >= 4 is 14.4 Å². The van der Waals surface area contributed by atoms with Crippen molar-refractivity contribution in [2.45, 2.75) is 89.3 Å². The molecular formula is C32H49NO7Si. The standard InChI is InChI=1S/C32H49NO7Si/c1-22(2)41(23(3)4,24(5)6)40-30-20-33(32(35)36)19-28(34)31(30)25-13-15-27(16-14-25)39-18-10-17-38-21-26-11-8-9-12-29(26)37-7/h8-9,11-16,22-24,28,30-31,34H,10,17-21H2,1-7H3,(H,35,36)/t28-,30+,31+/m0/s1. The molecule has 0 unspecified atom stereocenters. The molecule has 8 nitrogen and oxygen atoms in total. The lowest BCUT2D eigenvalue weighted by atomic mass is 9.85.